The monoisotopic (exact) mass is 224 g/mol. The molecule has 0 radical (unpaired) electrons. The average molecular weight is 224 g/mol. The fraction of sp³-hybridized carbons (Fsp3) is 0.636. The Labute approximate surface area is 96.4 Å². The summed E-state index contributed by atoms with van der Waals surface area (Å²) in [7, 11) is 1.59. The van der Waals surface area contributed by atoms with Gasteiger partial charge in [-0.05, 0) is 20.3 Å². The number of nitrogens with zero attached hydrogens (tertiary/aromatic N) is 2. The van der Waals surface area contributed by atoms with Crippen LogP contribution in [0.1, 0.15) is 26.1 Å². The van der Waals surface area contributed by atoms with E-state index in [2.05, 4.69) is 29.1 Å². The summed E-state index contributed by atoms with van der Waals surface area (Å²) < 4.78 is 5.10. The highest BCUT2D eigenvalue weighted by Gasteiger charge is 2.20. The van der Waals surface area contributed by atoms with Gasteiger partial charge in [-0.3, -0.25) is 0 Å². The highest BCUT2D eigenvalue weighted by Crippen LogP contribution is 2.18. The van der Waals surface area contributed by atoms with Crippen LogP contribution in [0.2, 0.25) is 0 Å². The van der Waals surface area contributed by atoms with Gasteiger partial charge in [0.1, 0.15) is 11.6 Å². The van der Waals surface area contributed by atoms with Gasteiger partial charge in [-0.25, -0.2) is 4.98 Å². The Morgan fingerprint density at radius 1 is 1.50 bits per heavy atom. The van der Waals surface area contributed by atoms with Crippen LogP contribution in [0.25, 0.3) is 0 Å². The van der Waals surface area contributed by atoms with Gasteiger partial charge in [-0.1, -0.05) is 6.92 Å². The number of nitrogens with one attached hydrogen (secondary N) is 1. The Hall–Kier alpha value is -1.36. The van der Waals surface area contributed by atoms with E-state index in [-0.39, 0.29) is 5.54 Å². The fourth-order valence-corrected chi connectivity index (χ4v) is 1.30. The summed E-state index contributed by atoms with van der Waals surface area (Å²) in [5.41, 5.74) is 5.59. The van der Waals surface area contributed by atoms with Gasteiger partial charge >= 0.3 is 0 Å². The number of aromatic nitrogens is 2. The number of hydrogen-bond donors (Lipinski definition) is 2. The molecule has 1 aromatic rings. The summed E-state index contributed by atoms with van der Waals surface area (Å²) in [5, 5.41) is 3.31. The van der Waals surface area contributed by atoms with E-state index in [0.717, 1.165) is 12.2 Å². The minimum Gasteiger partial charge on any atom is -0.481 e. The van der Waals surface area contributed by atoms with Crippen LogP contribution in [0, 0.1) is 6.92 Å². The van der Waals surface area contributed by atoms with Crippen LogP contribution in [0.5, 0.6) is 5.88 Å². The molecule has 0 saturated heterocycles. The van der Waals surface area contributed by atoms with E-state index in [9.17, 15) is 0 Å². The SMILES string of the molecule is CCC(C)(CN)Nc1cc(OC)nc(C)n1. The number of nitrogens with two attached hydrogens (primary N) is 1. The molecular weight excluding hydrogens is 204 g/mol. The van der Waals surface area contributed by atoms with E-state index in [1.807, 2.05) is 6.92 Å². The van der Waals surface area contributed by atoms with Gasteiger partial charge in [0.05, 0.1) is 7.11 Å². The van der Waals surface area contributed by atoms with E-state index in [1.165, 1.54) is 0 Å². The Morgan fingerprint density at radius 2 is 2.19 bits per heavy atom. The van der Waals surface area contributed by atoms with Crippen LogP contribution in [-0.2, 0) is 0 Å². The summed E-state index contributed by atoms with van der Waals surface area (Å²) in [5.74, 6) is 1.99. The second-order valence-corrected chi connectivity index (χ2v) is 4.09. The molecular formula is C11H20N4O. The minimum absolute atomic E-state index is 0.147. The Morgan fingerprint density at radius 3 is 2.69 bits per heavy atom. The van der Waals surface area contributed by atoms with Crippen molar-refractivity contribution >= 4 is 5.82 Å². The molecule has 0 saturated carbocycles. The third-order valence-corrected chi connectivity index (χ3v) is 2.68. The molecule has 1 unspecified atom stereocenters. The normalized spacial score (nSPS) is 14.3. The summed E-state index contributed by atoms with van der Waals surface area (Å²) in [6.45, 7) is 6.54. The van der Waals surface area contributed by atoms with Crippen molar-refractivity contribution in [1.29, 1.82) is 0 Å². The molecule has 1 atom stereocenters. The largest absolute Gasteiger partial charge is 0.481 e. The third kappa shape index (κ3) is 3.06. The van der Waals surface area contributed by atoms with E-state index >= 15 is 0 Å². The number of anilines is 1. The number of ether oxygens (including phenoxy) is 1. The van der Waals surface area contributed by atoms with Crippen molar-refractivity contribution in [3.05, 3.63) is 11.9 Å². The van der Waals surface area contributed by atoms with Gasteiger partial charge in [0.2, 0.25) is 5.88 Å². The van der Waals surface area contributed by atoms with Crippen LogP contribution in [0.15, 0.2) is 6.07 Å². The molecule has 0 spiro atoms. The summed E-state index contributed by atoms with van der Waals surface area (Å²) in [4.78, 5) is 8.43. The molecule has 5 nitrogen and oxygen atoms in total. The number of hydrogen-bond acceptors (Lipinski definition) is 5. The molecule has 0 aromatic carbocycles. The van der Waals surface area contributed by atoms with Crippen molar-refractivity contribution in [3.63, 3.8) is 0 Å². The lowest BCUT2D eigenvalue weighted by Gasteiger charge is -2.28. The molecule has 0 aliphatic carbocycles. The quantitative estimate of drug-likeness (QED) is 0.789. The highest BCUT2D eigenvalue weighted by molar-refractivity contribution is 5.41. The van der Waals surface area contributed by atoms with Crippen LogP contribution < -0.4 is 15.8 Å². The predicted molar refractivity (Wildman–Crippen MR) is 64.7 cm³/mol. The topological polar surface area (TPSA) is 73.1 Å². The zero-order valence-electron chi connectivity index (χ0n) is 10.4. The van der Waals surface area contributed by atoms with Gasteiger partial charge < -0.3 is 15.8 Å². The minimum atomic E-state index is -0.147. The molecule has 1 rings (SSSR count). The molecule has 0 amide bonds. The van der Waals surface area contributed by atoms with Gasteiger partial charge in [0, 0.05) is 18.2 Å². The lowest BCUT2D eigenvalue weighted by Crippen LogP contribution is -2.42. The van der Waals surface area contributed by atoms with E-state index in [4.69, 9.17) is 10.5 Å². The second-order valence-electron chi connectivity index (χ2n) is 4.09. The lowest BCUT2D eigenvalue weighted by atomic mass is 9.99. The van der Waals surface area contributed by atoms with Crippen molar-refractivity contribution in [2.45, 2.75) is 32.7 Å². The van der Waals surface area contributed by atoms with Gasteiger partial charge in [-0.2, -0.15) is 4.98 Å². The number of rotatable bonds is 5. The predicted octanol–water partition coefficient (Wildman–Crippen LogP) is 1.33. The smallest absolute Gasteiger partial charge is 0.218 e. The molecule has 0 fully saturated rings. The van der Waals surface area contributed by atoms with Crippen LogP contribution in [-0.4, -0.2) is 29.2 Å². The first kappa shape index (κ1) is 12.7. The molecule has 0 aliphatic heterocycles. The molecule has 0 bridgehead atoms. The average Bonchev–Trinajstić information content (AvgIpc) is 2.28. The molecule has 3 N–H and O–H groups in total. The van der Waals surface area contributed by atoms with Gasteiger partial charge in [-0.15, -0.1) is 0 Å². The van der Waals surface area contributed by atoms with Gasteiger partial charge in [0.25, 0.3) is 0 Å². The maximum absolute atomic E-state index is 5.74. The van der Waals surface area contributed by atoms with Crippen molar-refractivity contribution in [2.24, 2.45) is 5.73 Å². The van der Waals surface area contributed by atoms with Crippen LogP contribution in [0.3, 0.4) is 0 Å². The first-order chi connectivity index (χ1) is 7.53. The van der Waals surface area contributed by atoms with Crippen molar-refractivity contribution in [3.8, 4) is 5.88 Å². The first-order valence-corrected chi connectivity index (χ1v) is 5.41. The van der Waals surface area contributed by atoms with Crippen LogP contribution in [0.4, 0.5) is 5.82 Å². The standard InChI is InChI=1S/C11H20N4O/c1-5-11(3,7-12)15-9-6-10(16-4)14-8(2)13-9/h6H,5,7,12H2,1-4H3,(H,13,14,15). The lowest BCUT2D eigenvalue weighted by molar-refractivity contribution is 0.395. The Balaban J connectivity index is 2.92. The van der Waals surface area contributed by atoms with Crippen molar-refractivity contribution in [2.75, 3.05) is 19.0 Å². The van der Waals surface area contributed by atoms with E-state index in [1.54, 1.807) is 13.2 Å². The second kappa shape index (κ2) is 5.12. The Kier molecular flexibility index (Phi) is 4.06. The molecule has 0 aliphatic rings. The van der Waals surface area contributed by atoms with E-state index < -0.39 is 0 Å². The summed E-state index contributed by atoms with van der Waals surface area (Å²) in [6.07, 6.45) is 0.925. The first-order valence-electron chi connectivity index (χ1n) is 5.41. The molecule has 1 aromatic heterocycles. The van der Waals surface area contributed by atoms with Gasteiger partial charge in [0.15, 0.2) is 0 Å². The van der Waals surface area contributed by atoms with Crippen molar-refractivity contribution < 1.29 is 4.74 Å². The molecule has 5 heteroatoms. The molecule has 90 valence electrons. The zero-order chi connectivity index (χ0) is 12.2. The van der Waals surface area contributed by atoms with Crippen LogP contribution >= 0.6 is 0 Å². The maximum atomic E-state index is 5.74. The van der Waals surface area contributed by atoms with Crippen molar-refractivity contribution in [1.82, 2.24) is 9.97 Å². The maximum Gasteiger partial charge on any atom is 0.218 e. The summed E-state index contributed by atoms with van der Waals surface area (Å²) >= 11 is 0. The number of aryl methyl sites for hydroxylation is 1. The fourth-order valence-electron chi connectivity index (χ4n) is 1.30. The molecule has 1 heterocycles. The Bertz CT molecular complexity index is 350. The summed E-state index contributed by atoms with van der Waals surface area (Å²) in [6, 6.07) is 1.77. The number of methoxy groups -OCH3 is 1. The highest BCUT2D eigenvalue weighted by atomic mass is 16.5. The molecule has 16 heavy (non-hydrogen) atoms. The zero-order valence-corrected chi connectivity index (χ0v) is 10.4. The third-order valence-electron chi connectivity index (χ3n) is 2.68. The van der Waals surface area contributed by atoms with E-state index in [0.29, 0.717) is 18.2 Å².